The van der Waals surface area contributed by atoms with Gasteiger partial charge in [-0.1, -0.05) is 18.2 Å². The minimum Gasteiger partial charge on any atom is -0.493 e. The summed E-state index contributed by atoms with van der Waals surface area (Å²) in [5.74, 6) is 2.03. The van der Waals surface area contributed by atoms with Crippen molar-refractivity contribution in [1.29, 1.82) is 0 Å². The molecule has 0 fully saturated rings. The first-order valence-electron chi connectivity index (χ1n) is 6.85. The average Bonchev–Trinajstić information content (AvgIpc) is 3.16. The summed E-state index contributed by atoms with van der Waals surface area (Å²) in [6.07, 6.45) is 0. The molecule has 0 aliphatic rings. The molecule has 2 aromatic carbocycles. The van der Waals surface area contributed by atoms with Gasteiger partial charge in [-0.25, -0.2) is 4.98 Å². The standard InChI is InChI=1S/C16H14N4O2/c1-21-13-7-11-12(8-14(13)22-2)18-16(17-11)15-9-5-3-4-6-10(9)19-20-15/h3-8H,1-2H3,(H,17,18)(H,19,20). The lowest BCUT2D eigenvalue weighted by Gasteiger charge is -2.06. The summed E-state index contributed by atoms with van der Waals surface area (Å²) < 4.78 is 10.6. The second-order valence-corrected chi connectivity index (χ2v) is 4.93. The molecule has 6 heteroatoms. The van der Waals surface area contributed by atoms with Crippen molar-refractivity contribution in [2.24, 2.45) is 0 Å². The summed E-state index contributed by atoms with van der Waals surface area (Å²) in [6, 6.07) is 11.7. The van der Waals surface area contributed by atoms with E-state index in [1.807, 2.05) is 36.4 Å². The molecule has 0 aliphatic heterocycles. The number of imidazole rings is 1. The van der Waals surface area contributed by atoms with E-state index in [9.17, 15) is 0 Å². The van der Waals surface area contributed by atoms with E-state index in [4.69, 9.17) is 9.47 Å². The number of aromatic amines is 2. The molecular formula is C16H14N4O2. The molecule has 2 N–H and O–H groups in total. The van der Waals surface area contributed by atoms with E-state index >= 15 is 0 Å². The van der Waals surface area contributed by atoms with Gasteiger partial charge in [0.2, 0.25) is 0 Å². The lowest BCUT2D eigenvalue weighted by atomic mass is 10.2. The van der Waals surface area contributed by atoms with E-state index in [1.165, 1.54) is 0 Å². The number of fused-ring (bicyclic) bond motifs is 2. The van der Waals surface area contributed by atoms with Crippen molar-refractivity contribution in [2.45, 2.75) is 0 Å². The highest BCUT2D eigenvalue weighted by atomic mass is 16.5. The Balaban J connectivity index is 1.92. The number of rotatable bonds is 3. The minimum absolute atomic E-state index is 0.653. The molecular weight excluding hydrogens is 280 g/mol. The third-order valence-electron chi connectivity index (χ3n) is 3.68. The molecule has 0 saturated heterocycles. The van der Waals surface area contributed by atoms with Gasteiger partial charge in [0, 0.05) is 17.5 Å². The van der Waals surface area contributed by atoms with Crippen molar-refractivity contribution in [3.63, 3.8) is 0 Å². The summed E-state index contributed by atoms with van der Waals surface area (Å²) in [5.41, 5.74) is 3.46. The molecule has 0 radical (unpaired) electrons. The van der Waals surface area contributed by atoms with Crippen LogP contribution in [0.4, 0.5) is 0 Å². The van der Waals surface area contributed by atoms with Crippen LogP contribution in [0.2, 0.25) is 0 Å². The highest BCUT2D eigenvalue weighted by Gasteiger charge is 2.14. The first kappa shape index (κ1) is 12.7. The number of methoxy groups -OCH3 is 2. The molecule has 4 aromatic rings. The van der Waals surface area contributed by atoms with Crippen LogP contribution in [0.15, 0.2) is 36.4 Å². The van der Waals surface area contributed by atoms with Gasteiger partial charge in [0.25, 0.3) is 0 Å². The molecule has 0 aliphatic carbocycles. The number of hydrogen-bond acceptors (Lipinski definition) is 4. The molecule has 110 valence electrons. The van der Waals surface area contributed by atoms with Crippen molar-refractivity contribution >= 4 is 21.9 Å². The highest BCUT2D eigenvalue weighted by Crippen LogP contribution is 2.33. The summed E-state index contributed by atoms with van der Waals surface area (Å²) in [5, 5.41) is 8.41. The predicted octanol–water partition coefficient (Wildman–Crippen LogP) is 3.12. The number of H-pyrrole nitrogens is 2. The summed E-state index contributed by atoms with van der Waals surface area (Å²) >= 11 is 0. The normalized spacial score (nSPS) is 11.2. The Kier molecular flexibility index (Phi) is 2.75. The Labute approximate surface area is 126 Å². The third kappa shape index (κ3) is 1.81. The Hall–Kier alpha value is -3.02. The molecule has 22 heavy (non-hydrogen) atoms. The predicted molar refractivity (Wildman–Crippen MR) is 84.3 cm³/mol. The SMILES string of the molecule is COc1cc2nc(-c3n[nH]c4ccccc34)[nH]c2cc1OC. The van der Waals surface area contributed by atoms with Gasteiger partial charge in [-0.3, -0.25) is 5.10 Å². The zero-order valence-corrected chi connectivity index (χ0v) is 12.2. The fourth-order valence-electron chi connectivity index (χ4n) is 2.59. The van der Waals surface area contributed by atoms with E-state index in [2.05, 4.69) is 20.2 Å². The van der Waals surface area contributed by atoms with Crippen LogP contribution >= 0.6 is 0 Å². The molecule has 4 rings (SSSR count). The van der Waals surface area contributed by atoms with Crippen molar-refractivity contribution in [3.05, 3.63) is 36.4 Å². The molecule has 0 atom stereocenters. The van der Waals surface area contributed by atoms with Crippen molar-refractivity contribution in [2.75, 3.05) is 14.2 Å². The number of aromatic nitrogens is 4. The van der Waals surface area contributed by atoms with Gasteiger partial charge in [0.1, 0.15) is 5.69 Å². The Morgan fingerprint density at radius 3 is 2.55 bits per heavy atom. The molecule has 6 nitrogen and oxygen atoms in total. The fourth-order valence-corrected chi connectivity index (χ4v) is 2.59. The number of benzene rings is 2. The third-order valence-corrected chi connectivity index (χ3v) is 3.68. The number of nitrogens with one attached hydrogen (secondary N) is 2. The largest absolute Gasteiger partial charge is 0.493 e. The lowest BCUT2D eigenvalue weighted by Crippen LogP contribution is -1.89. The zero-order valence-electron chi connectivity index (χ0n) is 12.2. The molecule has 0 saturated carbocycles. The fraction of sp³-hybridized carbons (Fsp3) is 0.125. The molecule has 0 spiro atoms. The van der Waals surface area contributed by atoms with E-state index in [0.29, 0.717) is 17.3 Å². The van der Waals surface area contributed by atoms with E-state index < -0.39 is 0 Å². The van der Waals surface area contributed by atoms with Gasteiger partial charge in [-0.2, -0.15) is 5.10 Å². The van der Waals surface area contributed by atoms with Gasteiger partial charge < -0.3 is 14.5 Å². The topological polar surface area (TPSA) is 75.8 Å². The Morgan fingerprint density at radius 2 is 1.73 bits per heavy atom. The second kappa shape index (κ2) is 4.77. The second-order valence-electron chi connectivity index (χ2n) is 4.93. The number of nitrogens with zero attached hydrogens (tertiary/aromatic N) is 2. The van der Waals surface area contributed by atoms with Crippen LogP contribution in [0.25, 0.3) is 33.5 Å². The average molecular weight is 294 g/mol. The monoisotopic (exact) mass is 294 g/mol. The van der Waals surface area contributed by atoms with Gasteiger partial charge in [-0.15, -0.1) is 0 Å². The van der Waals surface area contributed by atoms with Crippen LogP contribution in [0, 0.1) is 0 Å². The maximum absolute atomic E-state index is 5.32. The van der Waals surface area contributed by atoms with Crippen LogP contribution in [-0.4, -0.2) is 34.4 Å². The summed E-state index contributed by atoms with van der Waals surface area (Å²) in [6.45, 7) is 0. The Morgan fingerprint density at radius 1 is 0.955 bits per heavy atom. The molecule has 0 amide bonds. The summed E-state index contributed by atoms with van der Waals surface area (Å²) in [7, 11) is 3.22. The van der Waals surface area contributed by atoms with Crippen LogP contribution in [0.3, 0.4) is 0 Å². The van der Waals surface area contributed by atoms with Crippen molar-refractivity contribution in [3.8, 4) is 23.0 Å². The maximum Gasteiger partial charge on any atom is 0.163 e. The summed E-state index contributed by atoms with van der Waals surface area (Å²) in [4.78, 5) is 7.90. The molecule has 2 aromatic heterocycles. The first-order valence-corrected chi connectivity index (χ1v) is 6.85. The van der Waals surface area contributed by atoms with Crippen LogP contribution in [0.5, 0.6) is 11.5 Å². The minimum atomic E-state index is 0.653. The number of para-hydroxylation sites is 1. The van der Waals surface area contributed by atoms with E-state index in [-0.39, 0.29) is 0 Å². The van der Waals surface area contributed by atoms with Crippen LogP contribution < -0.4 is 9.47 Å². The van der Waals surface area contributed by atoms with Gasteiger partial charge in [-0.05, 0) is 6.07 Å². The highest BCUT2D eigenvalue weighted by molar-refractivity contribution is 5.93. The molecule has 0 bridgehead atoms. The van der Waals surface area contributed by atoms with E-state index in [1.54, 1.807) is 14.2 Å². The number of ether oxygens (including phenoxy) is 2. The molecule has 0 unspecified atom stereocenters. The van der Waals surface area contributed by atoms with Crippen LogP contribution in [0.1, 0.15) is 0 Å². The van der Waals surface area contributed by atoms with Crippen molar-refractivity contribution < 1.29 is 9.47 Å². The Bertz CT molecular complexity index is 930. The van der Waals surface area contributed by atoms with Gasteiger partial charge >= 0.3 is 0 Å². The van der Waals surface area contributed by atoms with Gasteiger partial charge in [0.15, 0.2) is 17.3 Å². The smallest absolute Gasteiger partial charge is 0.163 e. The van der Waals surface area contributed by atoms with Crippen LogP contribution in [-0.2, 0) is 0 Å². The zero-order chi connectivity index (χ0) is 15.1. The quantitative estimate of drug-likeness (QED) is 0.608. The van der Waals surface area contributed by atoms with E-state index in [0.717, 1.165) is 27.6 Å². The number of hydrogen-bond donors (Lipinski definition) is 2. The van der Waals surface area contributed by atoms with Gasteiger partial charge in [0.05, 0.1) is 30.8 Å². The lowest BCUT2D eigenvalue weighted by molar-refractivity contribution is 0.356. The van der Waals surface area contributed by atoms with Crippen molar-refractivity contribution in [1.82, 2.24) is 20.2 Å². The molecule has 2 heterocycles. The first-order chi connectivity index (χ1) is 10.8. The maximum atomic E-state index is 5.32.